The summed E-state index contributed by atoms with van der Waals surface area (Å²) in [6.45, 7) is 10.7. The second-order valence-corrected chi connectivity index (χ2v) is 12.3. The van der Waals surface area contributed by atoms with E-state index in [0.29, 0.717) is 31.1 Å². The van der Waals surface area contributed by atoms with Gasteiger partial charge in [0.05, 0.1) is 11.2 Å². The van der Waals surface area contributed by atoms with Gasteiger partial charge in [-0.3, -0.25) is 0 Å². The molecule has 4 rings (SSSR count). The number of rotatable bonds is 7. The third-order valence-corrected chi connectivity index (χ3v) is 8.55. The van der Waals surface area contributed by atoms with Crippen LogP contribution in [-0.2, 0) is 16.9 Å². The first-order chi connectivity index (χ1) is 15.9. The van der Waals surface area contributed by atoms with Gasteiger partial charge in [0.2, 0.25) is 5.88 Å². The summed E-state index contributed by atoms with van der Waals surface area (Å²) in [6, 6.07) is 9.92. The van der Waals surface area contributed by atoms with E-state index in [9.17, 15) is 18.8 Å². The molecule has 34 heavy (non-hydrogen) atoms. The van der Waals surface area contributed by atoms with Crippen LogP contribution in [0.3, 0.4) is 0 Å². The van der Waals surface area contributed by atoms with Gasteiger partial charge in [0.25, 0.3) is 0 Å². The van der Waals surface area contributed by atoms with Crippen LogP contribution in [-0.4, -0.2) is 49.6 Å². The van der Waals surface area contributed by atoms with Gasteiger partial charge in [-0.05, 0) is 70.0 Å². The van der Waals surface area contributed by atoms with E-state index in [1.54, 1.807) is 12.1 Å². The van der Waals surface area contributed by atoms with Crippen molar-refractivity contribution < 1.29 is 23.6 Å². The predicted molar refractivity (Wildman–Crippen MR) is 129 cm³/mol. The van der Waals surface area contributed by atoms with Crippen molar-refractivity contribution in [2.75, 3.05) is 13.1 Å². The van der Waals surface area contributed by atoms with Crippen LogP contribution in [0.15, 0.2) is 36.4 Å². The number of benzene rings is 1. The maximum atomic E-state index is 13.5. The van der Waals surface area contributed by atoms with Gasteiger partial charge in [-0.25, -0.2) is 14.2 Å². The van der Waals surface area contributed by atoms with Gasteiger partial charge >= 0.3 is 6.09 Å². The second-order valence-electron chi connectivity index (χ2n) is 10.4. The molecule has 9 heteroatoms. The van der Waals surface area contributed by atoms with Gasteiger partial charge in [0.15, 0.2) is 0 Å². The fourth-order valence-electron chi connectivity index (χ4n) is 4.29. The lowest BCUT2D eigenvalue weighted by atomic mass is 9.90. The predicted octanol–water partition coefficient (Wildman–Crippen LogP) is 4.55. The van der Waals surface area contributed by atoms with Crippen LogP contribution in [0.1, 0.15) is 46.6 Å². The highest BCUT2D eigenvalue weighted by Crippen LogP contribution is 2.48. The third-order valence-electron chi connectivity index (χ3n) is 6.80. The average Bonchev–Trinajstić information content (AvgIpc) is 3.20. The van der Waals surface area contributed by atoms with E-state index in [1.165, 1.54) is 17.0 Å². The molecule has 2 aromatic rings. The Morgan fingerprint density at radius 2 is 1.85 bits per heavy atom. The third kappa shape index (κ3) is 5.01. The number of amides is 1. The van der Waals surface area contributed by atoms with E-state index in [0.717, 1.165) is 11.1 Å². The Bertz CT molecular complexity index is 1050. The molecule has 1 aliphatic carbocycles. The monoisotopic (exact) mass is 489 g/mol. The molecule has 2 heterocycles. The molecule has 2 aliphatic rings. The van der Waals surface area contributed by atoms with Gasteiger partial charge < -0.3 is 19.3 Å². The summed E-state index contributed by atoms with van der Waals surface area (Å²) in [4.78, 5) is 17.3. The van der Waals surface area contributed by atoms with Crippen LogP contribution in [0.2, 0.25) is 0 Å². The minimum absolute atomic E-state index is 0.0797. The summed E-state index contributed by atoms with van der Waals surface area (Å²) in [5, 5.41) is 9.21. The molecule has 7 nitrogen and oxygen atoms in total. The number of halogens is 1. The molecule has 1 saturated carbocycles. The average molecular weight is 490 g/mol. The first-order valence-electron chi connectivity index (χ1n) is 11.5. The molecule has 1 saturated heterocycles. The smallest absolute Gasteiger partial charge is 0.407 e. The van der Waals surface area contributed by atoms with Gasteiger partial charge in [-0.15, -0.1) is 4.72 Å². The Hall–Kier alpha value is -2.36. The van der Waals surface area contributed by atoms with Crippen molar-refractivity contribution in [3.63, 3.8) is 0 Å². The minimum Gasteiger partial charge on any atom is -0.598 e. The number of ether oxygens (including phenoxy) is 1. The van der Waals surface area contributed by atoms with Gasteiger partial charge in [0.1, 0.15) is 16.7 Å². The van der Waals surface area contributed by atoms with Gasteiger partial charge in [-0.1, -0.05) is 6.92 Å². The molecule has 1 aromatic carbocycles. The number of nitrogens with zero attached hydrogens (tertiary/aromatic N) is 2. The highest BCUT2D eigenvalue weighted by Gasteiger charge is 2.59. The van der Waals surface area contributed by atoms with Gasteiger partial charge in [0, 0.05) is 47.9 Å². The molecule has 0 radical (unpaired) electrons. The van der Waals surface area contributed by atoms with Crippen molar-refractivity contribution >= 4 is 17.5 Å². The number of hydrogen-bond donors (Lipinski definition) is 2. The number of aromatic nitrogens is 1. The first-order valence-corrected chi connectivity index (χ1v) is 12.7. The summed E-state index contributed by atoms with van der Waals surface area (Å²) in [5.74, 6) is 0.437. The number of carbonyl (C=O) groups is 1. The lowest BCUT2D eigenvalue weighted by molar-refractivity contribution is 0.139. The van der Waals surface area contributed by atoms with Crippen molar-refractivity contribution in [1.82, 2.24) is 14.6 Å². The number of carboxylic acid groups (broad SMARTS) is 1. The lowest BCUT2D eigenvalue weighted by Gasteiger charge is -2.35. The molecule has 184 valence electrons. The quantitative estimate of drug-likeness (QED) is 0.554. The zero-order chi connectivity index (χ0) is 24.8. The van der Waals surface area contributed by atoms with E-state index >= 15 is 0 Å². The first kappa shape index (κ1) is 24.8. The van der Waals surface area contributed by atoms with Crippen LogP contribution >= 0.6 is 0 Å². The summed E-state index contributed by atoms with van der Waals surface area (Å²) >= 11 is -1.30. The Balaban J connectivity index is 1.65. The molecule has 1 amide bonds. The fraction of sp³-hybridized carbons (Fsp3) is 0.520. The summed E-state index contributed by atoms with van der Waals surface area (Å²) in [7, 11) is 0. The van der Waals surface area contributed by atoms with E-state index in [4.69, 9.17) is 9.72 Å². The van der Waals surface area contributed by atoms with Crippen LogP contribution in [0.4, 0.5) is 9.18 Å². The molecule has 2 fully saturated rings. The second kappa shape index (κ2) is 9.02. The van der Waals surface area contributed by atoms with Crippen molar-refractivity contribution in [2.45, 2.75) is 57.4 Å². The van der Waals surface area contributed by atoms with Crippen molar-refractivity contribution in [3.8, 4) is 17.1 Å². The standard InChI is InChI=1S/C25H32FN3O4S/c1-6-25(5,28-34(32)24(2,3)4)16-11-20(15-7-9-17(26)10-8-15)27-21(12-16)33-22-18-13-29(23(30)31)14-19(18)22/h7-12,18-19,22,28H,6,13-14H2,1-5H3,(H,30,31)/t18-,19+,22-,25?,34?. The lowest BCUT2D eigenvalue weighted by Crippen LogP contribution is -2.49. The number of hydrogen-bond acceptors (Lipinski definition) is 5. The van der Waals surface area contributed by atoms with Crippen molar-refractivity contribution in [1.29, 1.82) is 0 Å². The highest BCUT2D eigenvalue weighted by molar-refractivity contribution is 7.90. The molecule has 0 spiro atoms. The van der Waals surface area contributed by atoms with Crippen LogP contribution in [0.5, 0.6) is 5.88 Å². The number of likely N-dealkylation sites (tertiary alicyclic amines) is 1. The summed E-state index contributed by atoms with van der Waals surface area (Å²) in [5.41, 5.74) is 1.63. The zero-order valence-corrected chi connectivity index (χ0v) is 21.0. The van der Waals surface area contributed by atoms with Crippen molar-refractivity contribution in [2.24, 2.45) is 11.8 Å². The molecule has 1 aromatic heterocycles. The number of pyridine rings is 1. The normalized spacial score (nSPS) is 24.3. The maximum absolute atomic E-state index is 13.5. The molecule has 2 unspecified atom stereocenters. The zero-order valence-electron chi connectivity index (χ0n) is 20.2. The van der Waals surface area contributed by atoms with E-state index < -0.39 is 27.7 Å². The van der Waals surface area contributed by atoms with E-state index in [2.05, 4.69) is 4.72 Å². The SMILES string of the molecule is CCC(C)(N[S+]([O-])C(C)(C)C)c1cc(O[C@@H]2[C@@H]3CN(C(=O)O)C[C@@H]32)nc(-c2ccc(F)cc2)c1. The number of fused-ring (bicyclic) bond motifs is 1. The topological polar surface area (TPSA) is 97.8 Å². The number of nitrogens with one attached hydrogen (secondary N) is 1. The molecule has 2 N–H and O–H groups in total. The minimum atomic E-state index is -1.30. The summed E-state index contributed by atoms with van der Waals surface area (Å²) < 4.78 is 35.6. The summed E-state index contributed by atoms with van der Waals surface area (Å²) in [6.07, 6.45) is -0.311. The number of piperidine rings is 1. The Morgan fingerprint density at radius 1 is 1.24 bits per heavy atom. The Labute approximate surface area is 203 Å². The molecular formula is C25H32FN3O4S. The Kier molecular flexibility index (Phi) is 6.56. The van der Waals surface area contributed by atoms with Crippen molar-refractivity contribution in [3.05, 3.63) is 47.8 Å². The molecule has 5 atom stereocenters. The van der Waals surface area contributed by atoms with Gasteiger partial charge in [-0.2, -0.15) is 0 Å². The van der Waals surface area contributed by atoms with Crippen LogP contribution in [0, 0.1) is 17.7 Å². The molecule has 0 bridgehead atoms. The maximum Gasteiger partial charge on any atom is 0.407 e. The largest absolute Gasteiger partial charge is 0.598 e. The van der Waals surface area contributed by atoms with E-state index in [1.807, 2.05) is 46.8 Å². The molecule has 1 aliphatic heterocycles. The Morgan fingerprint density at radius 3 is 2.38 bits per heavy atom. The van der Waals surface area contributed by atoms with Crippen LogP contribution < -0.4 is 9.46 Å². The molecular weight excluding hydrogens is 457 g/mol. The highest BCUT2D eigenvalue weighted by atomic mass is 32.2. The van der Waals surface area contributed by atoms with E-state index in [-0.39, 0.29) is 23.8 Å². The van der Waals surface area contributed by atoms with Crippen LogP contribution in [0.25, 0.3) is 11.3 Å². The fourth-order valence-corrected chi connectivity index (χ4v) is 5.27.